The van der Waals surface area contributed by atoms with Crippen molar-refractivity contribution in [2.75, 3.05) is 11.9 Å². The van der Waals surface area contributed by atoms with Gasteiger partial charge in [-0.1, -0.05) is 29.8 Å². The lowest BCUT2D eigenvalue weighted by molar-refractivity contribution is 0.0946. The predicted octanol–water partition coefficient (Wildman–Crippen LogP) is 3.97. The van der Waals surface area contributed by atoms with E-state index >= 15 is 0 Å². The molecule has 0 bridgehead atoms. The van der Waals surface area contributed by atoms with Crippen LogP contribution in [0.1, 0.15) is 38.9 Å². The number of hydrogen-bond acceptors (Lipinski definition) is 4. The molecule has 3 rings (SSSR count). The monoisotopic (exact) mass is 389 g/mol. The zero-order valence-corrected chi connectivity index (χ0v) is 16.4. The van der Waals surface area contributed by atoms with E-state index in [1.54, 1.807) is 30.3 Å². The molecule has 0 aliphatic rings. The Labute approximate surface area is 169 Å². The van der Waals surface area contributed by atoms with Gasteiger partial charge in [-0.15, -0.1) is 0 Å². The Hall–Kier alpha value is -3.67. The van der Waals surface area contributed by atoms with Crippen LogP contribution in [0, 0.1) is 6.92 Å². The molecule has 2 N–H and O–H groups in total. The zero-order chi connectivity index (χ0) is 20.6. The highest BCUT2D eigenvalue weighted by atomic mass is 16.5. The molecule has 6 heteroatoms. The molecule has 29 heavy (non-hydrogen) atoms. The van der Waals surface area contributed by atoms with Crippen LogP contribution in [0.4, 0.5) is 5.69 Å². The third-order valence-corrected chi connectivity index (χ3v) is 4.21. The molecule has 3 aromatic rings. The van der Waals surface area contributed by atoms with E-state index in [2.05, 4.69) is 15.6 Å². The average Bonchev–Trinajstić information content (AvgIpc) is 2.74. The molecule has 2 amide bonds. The SMILES string of the molecule is CCOc1ccc(NC(=O)c2ccnc(C(=O)NCc3cccc(C)c3)c2)cc1. The summed E-state index contributed by atoms with van der Waals surface area (Å²) in [6, 6.07) is 18.1. The van der Waals surface area contributed by atoms with Crippen molar-refractivity contribution in [3.8, 4) is 5.75 Å². The Kier molecular flexibility index (Phi) is 6.58. The van der Waals surface area contributed by atoms with E-state index in [9.17, 15) is 9.59 Å². The Bertz CT molecular complexity index is 1000. The summed E-state index contributed by atoms with van der Waals surface area (Å²) in [5.41, 5.74) is 3.32. The highest BCUT2D eigenvalue weighted by Gasteiger charge is 2.12. The molecule has 0 spiro atoms. The van der Waals surface area contributed by atoms with Gasteiger partial charge in [0.1, 0.15) is 11.4 Å². The first kappa shape index (κ1) is 20.1. The molecule has 2 aromatic carbocycles. The molecule has 0 aliphatic heterocycles. The molecule has 0 atom stereocenters. The summed E-state index contributed by atoms with van der Waals surface area (Å²) in [4.78, 5) is 29.0. The van der Waals surface area contributed by atoms with Gasteiger partial charge in [0.25, 0.3) is 11.8 Å². The Morgan fingerprint density at radius 1 is 1.00 bits per heavy atom. The molecule has 148 valence electrons. The number of anilines is 1. The van der Waals surface area contributed by atoms with Crippen LogP contribution in [0.5, 0.6) is 5.75 Å². The number of nitrogens with one attached hydrogen (secondary N) is 2. The molecule has 0 saturated carbocycles. The van der Waals surface area contributed by atoms with Gasteiger partial charge in [0.15, 0.2) is 0 Å². The van der Waals surface area contributed by atoms with Crippen LogP contribution in [0.25, 0.3) is 0 Å². The van der Waals surface area contributed by atoms with Crippen LogP contribution in [-0.4, -0.2) is 23.4 Å². The number of carbonyl (C=O) groups is 2. The predicted molar refractivity (Wildman–Crippen MR) is 112 cm³/mol. The molecule has 0 unspecified atom stereocenters. The maximum Gasteiger partial charge on any atom is 0.270 e. The van der Waals surface area contributed by atoms with Gasteiger partial charge in [-0.25, -0.2) is 0 Å². The largest absolute Gasteiger partial charge is 0.494 e. The number of carbonyl (C=O) groups excluding carboxylic acids is 2. The highest BCUT2D eigenvalue weighted by molar-refractivity contribution is 6.05. The van der Waals surface area contributed by atoms with Crippen LogP contribution in [0.15, 0.2) is 66.9 Å². The Balaban J connectivity index is 1.63. The van der Waals surface area contributed by atoms with Crippen LogP contribution in [-0.2, 0) is 6.54 Å². The normalized spacial score (nSPS) is 10.3. The van der Waals surface area contributed by atoms with E-state index in [4.69, 9.17) is 4.74 Å². The number of aromatic nitrogens is 1. The number of hydrogen-bond donors (Lipinski definition) is 2. The number of aryl methyl sites for hydroxylation is 1. The van der Waals surface area contributed by atoms with Gasteiger partial charge in [0, 0.05) is 24.0 Å². The molecule has 0 fully saturated rings. The van der Waals surface area contributed by atoms with Crippen molar-refractivity contribution in [2.24, 2.45) is 0 Å². The molecule has 6 nitrogen and oxygen atoms in total. The first-order valence-electron chi connectivity index (χ1n) is 9.39. The summed E-state index contributed by atoms with van der Waals surface area (Å²) in [6.07, 6.45) is 1.45. The van der Waals surface area contributed by atoms with Crippen molar-refractivity contribution >= 4 is 17.5 Å². The van der Waals surface area contributed by atoms with E-state index in [-0.39, 0.29) is 17.5 Å². The topological polar surface area (TPSA) is 80.3 Å². The maximum atomic E-state index is 12.5. The van der Waals surface area contributed by atoms with E-state index < -0.39 is 0 Å². The van der Waals surface area contributed by atoms with Gasteiger partial charge in [-0.2, -0.15) is 0 Å². The number of ether oxygens (including phenoxy) is 1. The second-order valence-electron chi connectivity index (χ2n) is 6.51. The summed E-state index contributed by atoms with van der Waals surface area (Å²) in [7, 11) is 0. The van der Waals surface area contributed by atoms with Crippen LogP contribution < -0.4 is 15.4 Å². The zero-order valence-electron chi connectivity index (χ0n) is 16.4. The van der Waals surface area contributed by atoms with Gasteiger partial charge < -0.3 is 15.4 Å². The van der Waals surface area contributed by atoms with Crippen molar-refractivity contribution in [3.63, 3.8) is 0 Å². The lowest BCUT2D eigenvalue weighted by Crippen LogP contribution is -2.24. The lowest BCUT2D eigenvalue weighted by Gasteiger charge is -2.09. The molecule has 1 aromatic heterocycles. The molecule has 1 heterocycles. The number of nitrogens with zero attached hydrogens (tertiary/aromatic N) is 1. The minimum Gasteiger partial charge on any atom is -0.494 e. The Morgan fingerprint density at radius 3 is 2.52 bits per heavy atom. The molecule has 0 saturated heterocycles. The van der Waals surface area contributed by atoms with E-state index in [0.29, 0.717) is 24.4 Å². The summed E-state index contributed by atoms with van der Waals surface area (Å²) in [5.74, 6) is 0.0912. The van der Waals surface area contributed by atoms with Gasteiger partial charge >= 0.3 is 0 Å². The van der Waals surface area contributed by atoms with E-state index in [1.165, 1.54) is 12.3 Å². The van der Waals surface area contributed by atoms with Gasteiger partial charge in [0.2, 0.25) is 0 Å². The van der Waals surface area contributed by atoms with Crippen LogP contribution in [0.2, 0.25) is 0 Å². The quantitative estimate of drug-likeness (QED) is 0.641. The number of pyridine rings is 1. The Morgan fingerprint density at radius 2 is 1.79 bits per heavy atom. The van der Waals surface area contributed by atoms with E-state index in [1.807, 2.05) is 38.1 Å². The average molecular weight is 389 g/mol. The summed E-state index contributed by atoms with van der Waals surface area (Å²) in [6.45, 7) is 4.88. The van der Waals surface area contributed by atoms with Crippen molar-refractivity contribution in [1.29, 1.82) is 0 Å². The summed E-state index contributed by atoms with van der Waals surface area (Å²) in [5, 5.41) is 5.63. The molecule has 0 radical (unpaired) electrons. The fourth-order valence-corrected chi connectivity index (χ4v) is 2.80. The standard InChI is InChI=1S/C23H23N3O3/c1-3-29-20-9-7-19(8-10-20)26-22(27)18-11-12-24-21(14-18)23(28)25-15-17-6-4-5-16(2)13-17/h4-14H,3,15H2,1-2H3,(H,25,28)(H,26,27). The minimum absolute atomic E-state index is 0.192. The van der Waals surface area contributed by atoms with Gasteiger partial charge in [-0.3, -0.25) is 14.6 Å². The second-order valence-corrected chi connectivity index (χ2v) is 6.51. The fraction of sp³-hybridized carbons (Fsp3) is 0.174. The maximum absolute atomic E-state index is 12.5. The smallest absolute Gasteiger partial charge is 0.270 e. The highest BCUT2D eigenvalue weighted by Crippen LogP contribution is 2.16. The van der Waals surface area contributed by atoms with Crippen molar-refractivity contribution in [2.45, 2.75) is 20.4 Å². The molecular formula is C23H23N3O3. The minimum atomic E-state index is -0.331. The van der Waals surface area contributed by atoms with Crippen molar-refractivity contribution in [3.05, 3.63) is 89.2 Å². The van der Waals surface area contributed by atoms with Crippen LogP contribution in [0.3, 0.4) is 0 Å². The third kappa shape index (κ3) is 5.65. The molecule has 0 aliphatic carbocycles. The van der Waals surface area contributed by atoms with Crippen molar-refractivity contribution < 1.29 is 14.3 Å². The van der Waals surface area contributed by atoms with Crippen molar-refractivity contribution in [1.82, 2.24) is 10.3 Å². The number of benzene rings is 2. The van der Waals surface area contributed by atoms with Gasteiger partial charge in [-0.05, 0) is 55.8 Å². The second kappa shape index (κ2) is 9.50. The number of amides is 2. The number of rotatable bonds is 7. The van der Waals surface area contributed by atoms with E-state index in [0.717, 1.165) is 16.9 Å². The summed E-state index contributed by atoms with van der Waals surface area (Å²) < 4.78 is 5.39. The van der Waals surface area contributed by atoms with Crippen LogP contribution >= 0.6 is 0 Å². The molecular weight excluding hydrogens is 366 g/mol. The first-order chi connectivity index (χ1) is 14.0. The van der Waals surface area contributed by atoms with Gasteiger partial charge in [0.05, 0.1) is 6.61 Å². The lowest BCUT2D eigenvalue weighted by atomic mass is 10.1. The summed E-state index contributed by atoms with van der Waals surface area (Å²) >= 11 is 0. The first-order valence-corrected chi connectivity index (χ1v) is 9.39. The third-order valence-electron chi connectivity index (χ3n) is 4.21. The fourth-order valence-electron chi connectivity index (χ4n) is 2.80.